The molecule has 7 heteroatoms. The molecule has 25 heavy (non-hydrogen) atoms. The van der Waals surface area contributed by atoms with E-state index in [4.69, 9.17) is 25.8 Å². The molecule has 2 rings (SSSR count). The molecule has 0 bridgehead atoms. The fourth-order valence-electron chi connectivity index (χ4n) is 2.15. The molecule has 0 aliphatic carbocycles. The van der Waals surface area contributed by atoms with E-state index in [9.17, 15) is 9.59 Å². The van der Waals surface area contributed by atoms with Gasteiger partial charge in [-0.25, -0.2) is 4.79 Å². The summed E-state index contributed by atoms with van der Waals surface area (Å²) in [7, 11) is 2.94. The molecule has 0 spiro atoms. The zero-order valence-corrected chi connectivity index (χ0v) is 14.8. The van der Waals surface area contributed by atoms with Crippen LogP contribution in [-0.2, 0) is 4.74 Å². The summed E-state index contributed by atoms with van der Waals surface area (Å²) in [6.45, 7) is 1.93. The highest BCUT2D eigenvalue weighted by Gasteiger charge is 2.18. The molecule has 0 aliphatic heterocycles. The van der Waals surface area contributed by atoms with E-state index < -0.39 is 5.97 Å². The molecule has 0 saturated heterocycles. The monoisotopic (exact) mass is 363 g/mol. The number of esters is 1. The number of hydrogen-bond acceptors (Lipinski definition) is 5. The maximum Gasteiger partial charge on any atom is 0.341 e. The molecular formula is C18H18ClNO5. The van der Waals surface area contributed by atoms with Crippen molar-refractivity contribution in [1.29, 1.82) is 0 Å². The van der Waals surface area contributed by atoms with E-state index >= 15 is 0 Å². The average molecular weight is 364 g/mol. The van der Waals surface area contributed by atoms with E-state index in [0.717, 1.165) is 0 Å². The average Bonchev–Trinajstić information content (AvgIpc) is 2.63. The van der Waals surface area contributed by atoms with Gasteiger partial charge in [-0.05, 0) is 31.2 Å². The third kappa shape index (κ3) is 4.42. The van der Waals surface area contributed by atoms with Gasteiger partial charge in [0.05, 0.1) is 31.5 Å². The van der Waals surface area contributed by atoms with E-state index in [-0.39, 0.29) is 28.8 Å². The zero-order chi connectivity index (χ0) is 18.4. The highest BCUT2D eigenvalue weighted by molar-refractivity contribution is 6.34. The summed E-state index contributed by atoms with van der Waals surface area (Å²) < 4.78 is 15.3. The Kier molecular flexibility index (Phi) is 6.25. The predicted octanol–water partition coefficient (Wildman–Crippen LogP) is 3.79. The van der Waals surface area contributed by atoms with E-state index in [1.54, 1.807) is 31.2 Å². The van der Waals surface area contributed by atoms with E-state index in [1.807, 2.05) is 0 Å². The molecular weight excluding hydrogens is 346 g/mol. The second-order valence-electron chi connectivity index (χ2n) is 4.94. The number of hydrogen-bond donors (Lipinski definition) is 1. The van der Waals surface area contributed by atoms with Gasteiger partial charge in [0.2, 0.25) is 0 Å². The lowest BCUT2D eigenvalue weighted by molar-refractivity contribution is 0.0522. The topological polar surface area (TPSA) is 73.9 Å². The summed E-state index contributed by atoms with van der Waals surface area (Å²) in [6, 6.07) is 9.58. The molecule has 0 saturated carbocycles. The molecule has 2 aromatic rings. The molecule has 0 aliphatic rings. The number of methoxy groups -OCH3 is 2. The Morgan fingerprint density at radius 3 is 2.52 bits per heavy atom. The molecule has 0 atom stereocenters. The maximum atomic E-state index is 12.4. The van der Waals surface area contributed by atoms with Crippen molar-refractivity contribution in [2.45, 2.75) is 6.92 Å². The Labute approximate surface area is 150 Å². The molecule has 1 N–H and O–H groups in total. The summed E-state index contributed by atoms with van der Waals surface area (Å²) >= 11 is 6.19. The molecule has 0 fully saturated rings. The van der Waals surface area contributed by atoms with E-state index in [1.165, 1.54) is 26.4 Å². The first-order chi connectivity index (χ1) is 12.0. The summed E-state index contributed by atoms with van der Waals surface area (Å²) in [5.74, 6) is -0.101. The van der Waals surface area contributed by atoms with Crippen LogP contribution in [0.4, 0.5) is 5.69 Å². The molecule has 0 unspecified atom stereocenters. The lowest BCUT2D eigenvalue weighted by atomic mass is 10.1. The van der Waals surface area contributed by atoms with Crippen molar-refractivity contribution in [2.24, 2.45) is 0 Å². The summed E-state index contributed by atoms with van der Waals surface area (Å²) in [4.78, 5) is 24.3. The Morgan fingerprint density at radius 2 is 1.88 bits per heavy atom. The first kappa shape index (κ1) is 18.6. The van der Waals surface area contributed by atoms with Crippen LogP contribution in [0.5, 0.6) is 11.5 Å². The van der Waals surface area contributed by atoms with Crippen molar-refractivity contribution in [2.75, 3.05) is 26.1 Å². The Bertz CT molecular complexity index is 791. The number of benzene rings is 2. The second-order valence-corrected chi connectivity index (χ2v) is 5.35. The van der Waals surface area contributed by atoms with Gasteiger partial charge in [-0.3, -0.25) is 4.79 Å². The number of carbonyl (C=O) groups excluding carboxylic acids is 2. The molecule has 132 valence electrons. The standard InChI is InChI=1S/C18H18ClNO5/c1-4-25-18(22)13-9-14(19)15(10-16(13)24-3)20-17(21)11-6-5-7-12(8-11)23-2/h5-10H,4H2,1-3H3,(H,20,21). The fraction of sp³-hybridized carbons (Fsp3) is 0.222. The Morgan fingerprint density at radius 1 is 1.12 bits per heavy atom. The third-order valence-corrected chi connectivity index (χ3v) is 3.68. The van der Waals surface area contributed by atoms with Crippen molar-refractivity contribution in [3.63, 3.8) is 0 Å². The van der Waals surface area contributed by atoms with Crippen molar-refractivity contribution in [1.82, 2.24) is 0 Å². The van der Waals surface area contributed by atoms with Gasteiger partial charge >= 0.3 is 5.97 Å². The minimum Gasteiger partial charge on any atom is -0.497 e. The number of rotatable bonds is 6. The number of ether oxygens (including phenoxy) is 3. The SMILES string of the molecule is CCOC(=O)c1cc(Cl)c(NC(=O)c2cccc(OC)c2)cc1OC. The van der Waals surface area contributed by atoms with E-state index in [0.29, 0.717) is 17.0 Å². The molecule has 6 nitrogen and oxygen atoms in total. The summed E-state index contributed by atoms with van der Waals surface area (Å²) in [6.07, 6.45) is 0. The number of nitrogens with one attached hydrogen (secondary N) is 1. The summed E-state index contributed by atoms with van der Waals surface area (Å²) in [5, 5.41) is 2.89. The lowest BCUT2D eigenvalue weighted by Gasteiger charge is -2.13. The predicted molar refractivity (Wildman–Crippen MR) is 94.9 cm³/mol. The van der Waals surface area contributed by atoms with Gasteiger partial charge in [-0.2, -0.15) is 0 Å². The normalized spacial score (nSPS) is 10.1. The van der Waals surface area contributed by atoms with Gasteiger partial charge in [0.15, 0.2) is 0 Å². The van der Waals surface area contributed by atoms with Crippen molar-refractivity contribution < 1.29 is 23.8 Å². The fourth-order valence-corrected chi connectivity index (χ4v) is 2.36. The van der Waals surface area contributed by atoms with Crippen molar-refractivity contribution in [3.8, 4) is 11.5 Å². The first-order valence-corrected chi connectivity index (χ1v) is 7.88. The number of halogens is 1. The van der Waals surface area contributed by atoms with E-state index in [2.05, 4.69) is 5.32 Å². The van der Waals surface area contributed by atoms with Crippen LogP contribution in [0.25, 0.3) is 0 Å². The highest BCUT2D eigenvalue weighted by Crippen LogP contribution is 2.32. The lowest BCUT2D eigenvalue weighted by Crippen LogP contribution is -2.13. The van der Waals surface area contributed by atoms with Crippen LogP contribution < -0.4 is 14.8 Å². The van der Waals surface area contributed by atoms with Crippen LogP contribution in [0, 0.1) is 0 Å². The number of anilines is 1. The van der Waals surface area contributed by atoms with Crippen molar-refractivity contribution in [3.05, 3.63) is 52.5 Å². The minimum atomic E-state index is -0.549. The molecule has 0 radical (unpaired) electrons. The largest absolute Gasteiger partial charge is 0.497 e. The molecule has 0 heterocycles. The number of carbonyl (C=O) groups is 2. The van der Waals surface area contributed by atoms with Gasteiger partial charge in [-0.15, -0.1) is 0 Å². The maximum absolute atomic E-state index is 12.4. The van der Waals surface area contributed by atoms with Crippen LogP contribution in [0.3, 0.4) is 0 Å². The smallest absolute Gasteiger partial charge is 0.341 e. The van der Waals surface area contributed by atoms with Gasteiger partial charge in [0, 0.05) is 11.6 Å². The quantitative estimate of drug-likeness (QED) is 0.790. The second kappa shape index (κ2) is 8.39. The third-order valence-electron chi connectivity index (χ3n) is 3.36. The van der Waals surface area contributed by atoms with Gasteiger partial charge < -0.3 is 19.5 Å². The number of amides is 1. The Balaban J connectivity index is 2.30. The minimum absolute atomic E-state index is 0.189. The van der Waals surface area contributed by atoms with Gasteiger partial charge in [0.1, 0.15) is 17.1 Å². The van der Waals surface area contributed by atoms with Crippen LogP contribution in [0.1, 0.15) is 27.6 Å². The first-order valence-electron chi connectivity index (χ1n) is 7.50. The van der Waals surface area contributed by atoms with Gasteiger partial charge in [0.25, 0.3) is 5.91 Å². The Hall–Kier alpha value is -2.73. The van der Waals surface area contributed by atoms with Crippen LogP contribution in [0.2, 0.25) is 5.02 Å². The summed E-state index contributed by atoms with van der Waals surface area (Å²) in [5.41, 5.74) is 0.914. The zero-order valence-electron chi connectivity index (χ0n) is 14.1. The van der Waals surface area contributed by atoms with Crippen LogP contribution >= 0.6 is 11.6 Å². The van der Waals surface area contributed by atoms with Gasteiger partial charge in [-0.1, -0.05) is 17.7 Å². The van der Waals surface area contributed by atoms with Crippen LogP contribution in [-0.4, -0.2) is 32.7 Å². The molecule has 2 aromatic carbocycles. The van der Waals surface area contributed by atoms with Crippen molar-refractivity contribution >= 4 is 29.2 Å². The molecule has 0 aromatic heterocycles. The molecule has 1 amide bonds. The highest BCUT2D eigenvalue weighted by atomic mass is 35.5. The van der Waals surface area contributed by atoms with Crippen LogP contribution in [0.15, 0.2) is 36.4 Å².